The highest BCUT2D eigenvalue weighted by Gasteiger charge is 2.88. The topological polar surface area (TPSA) is 114 Å². The number of likely N-dealkylation sites (tertiary alicyclic amines) is 1. The Balaban J connectivity index is 1.33. The van der Waals surface area contributed by atoms with Crippen LogP contribution in [0.15, 0.2) is 24.4 Å². The molecule has 0 aromatic carbocycles. The first kappa shape index (κ1) is 27.6. The number of anilines is 1. The number of esters is 1. The van der Waals surface area contributed by atoms with Gasteiger partial charge in [-0.15, -0.1) is 11.3 Å². The minimum absolute atomic E-state index is 0.171. The predicted molar refractivity (Wildman–Crippen MR) is 145 cm³/mol. The van der Waals surface area contributed by atoms with Crippen LogP contribution in [0, 0.1) is 25.2 Å². The Bertz CT molecular complexity index is 1610. The molecule has 6 rings (SSSR count). The van der Waals surface area contributed by atoms with Crippen LogP contribution in [0.4, 0.5) is 18.9 Å². The van der Waals surface area contributed by atoms with Crippen LogP contribution in [0.3, 0.4) is 0 Å². The van der Waals surface area contributed by atoms with Gasteiger partial charge in [0.2, 0.25) is 11.5 Å². The standard InChI is InChI=1S/C28H28F3N5O4S/c1-13-9-14(2)34-20(19(13)35-15-5-7-32-11-15)17-6-8-33-18-10-16(41-21(17)18)12-36-23(37)22-26(3,4)27(22,24(36)38)40-25(39)28(29,30)31/h6,8-10,15,22,32,35H,5,7,11-12H2,1-4H3. The molecule has 2 saturated heterocycles. The lowest BCUT2D eigenvalue weighted by molar-refractivity contribution is -0.209. The molecule has 5 heterocycles. The summed E-state index contributed by atoms with van der Waals surface area (Å²) in [5.74, 6) is -5.25. The van der Waals surface area contributed by atoms with Crippen molar-refractivity contribution in [3.8, 4) is 11.3 Å². The van der Waals surface area contributed by atoms with Gasteiger partial charge >= 0.3 is 12.1 Å². The van der Waals surface area contributed by atoms with Crippen molar-refractivity contribution in [2.45, 2.75) is 58.5 Å². The smallest absolute Gasteiger partial charge is 0.441 e. The van der Waals surface area contributed by atoms with Crippen molar-refractivity contribution >= 4 is 45.0 Å². The van der Waals surface area contributed by atoms with Crippen LogP contribution in [0.25, 0.3) is 21.5 Å². The number of carbonyl (C=O) groups is 3. The number of nitrogens with one attached hydrogen (secondary N) is 2. The third kappa shape index (κ3) is 4.19. The minimum atomic E-state index is -5.29. The van der Waals surface area contributed by atoms with Gasteiger partial charge in [0.05, 0.1) is 34.1 Å². The van der Waals surface area contributed by atoms with Crippen LogP contribution < -0.4 is 10.6 Å². The number of amides is 2. The van der Waals surface area contributed by atoms with E-state index < -0.39 is 40.9 Å². The van der Waals surface area contributed by atoms with Crippen molar-refractivity contribution in [1.82, 2.24) is 20.2 Å². The van der Waals surface area contributed by atoms with Gasteiger partial charge in [0.1, 0.15) is 0 Å². The van der Waals surface area contributed by atoms with Gasteiger partial charge in [-0.05, 0) is 50.6 Å². The molecular formula is C28H28F3N5O4S. The van der Waals surface area contributed by atoms with E-state index in [9.17, 15) is 27.6 Å². The van der Waals surface area contributed by atoms with Crippen LogP contribution in [0.5, 0.6) is 0 Å². The molecule has 3 aromatic rings. The summed E-state index contributed by atoms with van der Waals surface area (Å²) in [7, 11) is 0. The summed E-state index contributed by atoms with van der Waals surface area (Å²) >= 11 is 1.33. The molecule has 216 valence electrons. The minimum Gasteiger partial charge on any atom is -0.441 e. The van der Waals surface area contributed by atoms with Gasteiger partial charge in [-0.25, -0.2) is 4.79 Å². The highest BCUT2D eigenvalue weighted by Crippen LogP contribution is 2.69. The first-order valence-electron chi connectivity index (χ1n) is 13.2. The van der Waals surface area contributed by atoms with Crippen LogP contribution in [0.2, 0.25) is 0 Å². The molecule has 3 aromatic heterocycles. The second-order valence-electron chi connectivity index (χ2n) is 11.4. The second-order valence-corrected chi connectivity index (χ2v) is 12.6. The van der Waals surface area contributed by atoms with Gasteiger partial charge < -0.3 is 15.4 Å². The van der Waals surface area contributed by atoms with Gasteiger partial charge in [-0.2, -0.15) is 13.2 Å². The number of aromatic nitrogens is 2. The summed E-state index contributed by atoms with van der Waals surface area (Å²) in [4.78, 5) is 49.1. The molecule has 3 unspecified atom stereocenters. The molecule has 1 saturated carbocycles. The largest absolute Gasteiger partial charge is 0.490 e. The molecule has 0 bridgehead atoms. The fraction of sp³-hybridized carbons (Fsp3) is 0.464. The Labute approximate surface area is 237 Å². The number of fused-ring (bicyclic) bond motifs is 2. The number of imide groups is 1. The monoisotopic (exact) mass is 587 g/mol. The van der Waals surface area contributed by atoms with E-state index >= 15 is 0 Å². The number of hydrogen-bond donors (Lipinski definition) is 2. The van der Waals surface area contributed by atoms with Gasteiger partial charge in [0.15, 0.2) is 0 Å². The molecule has 0 radical (unpaired) electrons. The summed E-state index contributed by atoms with van der Waals surface area (Å²) in [6.45, 7) is 8.46. The lowest BCUT2D eigenvalue weighted by Gasteiger charge is -2.24. The fourth-order valence-electron chi connectivity index (χ4n) is 6.25. The Kier molecular flexibility index (Phi) is 6.20. The SMILES string of the molecule is Cc1cc(C)c(NC2CCNC2)c(-c2ccnc3cc(CN4C(=O)C5C(C)(C)C5(OC(=O)C(F)(F)F)C4=O)sc23)n1. The summed E-state index contributed by atoms with van der Waals surface area (Å²) in [5, 5.41) is 6.99. The Morgan fingerprint density at radius 2 is 2.02 bits per heavy atom. The molecule has 2 N–H and O–H groups in total. The zero-order valence-corrected chi connectivity index (χ0v) is 23.6. The lowest BCUT2D eigenvalue weighted by Crippen LogP contribution is -2.45. The number of rotatable bonds is 6. The van der Waals surface area contributed by atoms with Crippen LogP contribution in [-0.4, -0.2) is 63.6 Å². The highest BCUT2D eigenvalue weighted by atomic mass is 32.1. The van der Waals surface area contributed by atoms with Gasteiger partial charge in [0, 0.05) is 40.3 Å². The van der Waals surface area contributed by atoms with Crippen LogP contribution >= 0.6 is 11.3 Å². The van der Waals surface area contributed by atoms with Crippen molar-refractivity contribution in [2.75, 3.05) is 18.4 Å². The molecule has 13 heteroatoms. The van der Waals surface area contributed by atoms with E-state index in [1.165, 1.54) is 25.2 Å². The van der Waals surface area contributed by atoms with Crippen LogP contribution in [0.1, 0.15) is 36.4 Å². The van der Waals surface area contributed by atoms with Crippen molar-refractivity contribution in [2.24, 2.45) is 11.3 Å². The number of halogens is 3. The maximum absolute atomic E-state index is 13.4. The van der Waals surface area contributed by atoms with E-state index in [4.69, 9.17) is 9.72 Å². The summed E-state index contributed by atoms with van der Waals surface area (Å²) < 4.78 is 44.5. The van der Waals surface area contributed by atoms with Gasteiger partial charge in [0.25, 0.3) is 5.91 Å². The fourth-order valence-corrected chi connectivity index (χ4v) is 7.37. The van der Waals surface area contributed by atoms with Gasteiger partial charge in [-0.1, -0.05) is 13.8 Å². The first-order valence-corrected chi connectivity index (χ1v) is 14.1. The summed E-state index contributed by atoms with van der Waals surface area (Å²) in [6, 6.07) is 5.90. The molecule has 2 aliphatic heterocycles. The van der Waals surface area contributed by atoms with E-state index in [1.807, 2.05) is 26.0 Å². The summed E-state index contributed by atoms with van der Waals surface area (Å²) in [6.07, 6.45) is -2.63. The van der Waals surface area contributed by atoms with E-state index in [-0.39, 0.29) is 12.6 Å². The number of pyridine rings is 2. The average Bonchev–Trinajstić information content (AvgIpc) is 3.38. The maximum atomic E-state index is 13.4. The van der Waals surface area contributed by atoms with E-state index in [0.29, 0.717) is 10.4 Å². The Hall–Kier alpha value is -3.58. The van der Waals surface area contributed by atoms with Crippen molar-refractivity contribution < 1.29 is 32.3 Å². The third-order valence-corrected chi connectivity index (χ3v) is 9.49. The summed E-state index contributed by atoms with van der Waals surface area (Å²) in [5.41, 5.74) is 1.68. The molecule has 0 spiro atoms. The van der Waals surface area contributed by atoms with Crippen LogP contribution in [-0.2, 0) is 25.7 Å². The molecule has 9 nitrogen and oxygen atoms in total. The number of thiophene rings is 1. The number of ether oxygens (including phenoxy) is 1. The number of nitrogens with zero attached hydrogens (tertiary/aromatic N) is 3. The molecule has 41 heavy (non-hydrogen) atoms. The lowest BCUT2D eigenvalue weighted by atomic mass is 10.0. The molecule has 3 atom stereocenters. The molecule has 1 aliphatic carbocycles. The van der Waals surface area contributed by atoms with E-state index in [0.717, 1.165) is 57.3 Å². The molecule has 3 aliphatic rings. The van der Waals surface area contributed by atoms with Gasteiger partial charge in [-0.3, -0.25) is 24.5 Å². The second kappa shape index (κ2) is 9.21. The zero-order valence-electron chi connectivity index (χ0n) is 22.8. The number of aryl methyl sites for hydroxylation is 2. The number of hydrogen-bond acceptors (Lipinski definition) is 9. The van der Waals surface area contributed by atoms with Crippen molar-refractivity contribution in [1.29, 1.82) is 0 Å². The zero-order chi connectivity index (χ0) is 29.5. The predicted octanol–water partition coefficient (Wildman–Crippen LogP) is 4.12. The Morgan fingerprint density at radius 3 is 2.71 bits per heavy atom. The van der Waals surface area contributed by atoms with Crippen molar-refractivity contribution in [3.05, 3.63) is 40.5 Å². The average molecular weight is 588 g/mol. The maximum Gasteiger partial charge on any atom is 0.490 e. The number of carbonyl (C=O) groups excluding carboxylic acids is 3. The third-order valence-electron chi connectivity index (χ3n) is 8.35. The molecule has 3 fully saturated rings. The van der Waals surface area contributed by atoms with Crippen molar-refractivity contribution in [3.63, 3.8) is 0 Å². The molecule has 2 amide bonds. The quantitative estimate of drug-likeness (QED) is 0.327. The normalized spacial score (nSPS) is 25.1. The Morgan fingerprint density at radius 1 is 1.27 bits per heavy atom. The first-order chi connectivity index (χ1) is 19.3. The van der Waals surface area contributed by atoms with E-state index in [1.54, 1.807) is 12.3 Å². The number of alkyl halides is 3. The molecular weight excluding hydrogens is 559 g/mol. The highest BCUT2D eigenvalue weighted by molar-refractivity contribution is 7.19. The number of piperidine rings is 1. The van der Waals surface area contributed by atoms with E-state index in [2.05, 4.69) is 15.6 Å².